The van der Waals surface area contributed by atoms with E-state index in [0.29, 0.717) is 0 Å². The van der Waals surface area contributed by atoms with Crippen LogP contribution in [0.2, 0.25) is 0 Å². The Bertz CT molecular complexity index is 136. The van der Waals surface area contributed by atoms with Gasteiger partial charge in [0.25, 0.3) is 0 Å². The number of nitrogens with one attached hydrogen (secondary N) is 1. The van der Waals surface area contributed by atoms with Crippen LogP contribution in [-0.2, 0) is 0 Å². The van der Waals surface area contributed by atoms with E-state index < -0.39 is 0 Å². The van der Waals surface area contributed by atoms with Gasteiger partial charge < -0.3 is 5.32 Å². The van der Waals surface area contributed by atoms with Gasteiger partial charge >= 0.3 is 0 Å². The van der Waals surface area contributed by atoms with Crippen LogP contribution in [0.1, 0.15) is 39.0 Å². The first-order valence-electron chi connectivity index (χ1n) is 5.08. The Labute approximate surface area is 69.6 Å². The first-order valence-corrected chi connectivity index (χ1v) is 5.08. The first kappa shape index (κ1) is 7.60. The van der Waals surface area contributed by atoms with Crippen molar-refractivity contribution in [2.75, 3.05) is 13.1 Å². The Morgan fingerprint density at radius 1 is 1.55 bits per heavy atom. The summed E-state index contributed by atoms with van der Waals surface area (Å²) in [5.74, 6) is 1.08. The van der Waals surface area contributed by atoms with Crippen LogP contribution in [0.4, 0.5) is 0 Å². The summed E-state index contributed by atoms with van der Waals surface area (Å²) in [6.45, 7) is 4.89. The lowest BCUT2D eigenvalue weighted by atomic mass is 9.92. The van der Waals surface area contributed by atoms with Crippen molar-refractivity contribution in [2.45, 2.75) is 39.0 Å². The molecule has 1 heterocycles. The molecule has 0 aromatic carbocycles. The number of hydrogen-bond donors (Lipinski definition) is 1. The molecule has 2 unspecified atom stereocenters. The lowest BCUT2D eigenvalue weighted by Gasteiger charge is -2.23. The van der Waals surface area contributed by atoms with Gasteiger partial charge in [0.2, 0.25) is 0 Å². The molecule has 2 atom stereocenters. The molecule has 0 bridgehead atoms. The summed E-state index contributed by atoms with van der Waals surface area (Å²) >= 11 is 0. The normalized spacial score (nSPS) is 42.8. The fourth-order valence-electron chi connectivity index (χ4n) is 2.70. The molecular weight excluding hydrogens is 134 g/mol. The highest BCUT2D eigenvalue weighted by Crippen LogP contribution is 2.58. The summed E-state index contributed by atoms with van der Waals surface area (Å²) in [6.07, 6.45) is 7.30. The van der Waals surface area contributed by atoms with Gasteiger partial charge in [-0.25, -0.2) is 0 Å². The quantitative estimate of drug-likeness (QED) is 0.641. The Balaban J connectivity index is 1.84. The number of piperidine rings is 1. The molecule has 1 N–H and O–H groups in total. The van der Waals surface area contributed by atoms with E-state index in [-0.39, 0.29) is 0 Å². The second kappa shape index (κ2) is 2.78. The van der Waals surface area contributed by atoms with Crippen molar-refractivity contribution in [3.8, 4) is 0 Å². The van der Waals surface area contributed by atoms with Gasteiger partial charge in [0, 0.05) is 6.54 Å². The molecule has 1 saturated carbocycles. The standard InChI is InChI=1S/C10H19N/c1-2-4-9-7-10(9)5-3-6-11-8-10/h9,11H,2-8H2,1H3. The molecule has 1 aliphatic carbocycles. The van der Waals surface area contributed by atoms with Crippen molar-refractivity contribution < 1.29 is 0 Å². The zero-order chi connectivity index (χ0) is 7.73. The minimum absolute atomic E-state index is 0.786. The molecule has 2 aliphatic rings. The van der Waals surface area contributed by atoms with E-state index in [1.165, 1.54) is 45.2 Å². The topological polar surface area (TPSA) is 12.0 Å². The molecule has 1 aliphatic heterocycles. The lowest BCUT2D eigenvalue weighted by Crippen LogP contribution is -2.32. The third-order valence-electron chi connectivity index (χ3n) is 3.50. The van der Waals surface area contributed by atoms with Crippen LogP contribution in [-0.4, -0.2) is 13.1 Å². The molecule has 0 aromatic heterocycles. The summed E-state index contributed by atoms with van der Waals surface area (Å²) in [4.78, 5) is 0. The zero-order valence-corrected chi connectivity index (χ0v) is 7.53. The van der Waals surface area contributed by atoms with Gasteiger partial charge in [-0.1, -0.05) is 19.8 Å². The monoisotopic (exact) mass is 153 g/mol. The maximum absolute atomic E-state index is 3.53. The highest BCUT2D eigenvalue weighted by Gasteiger charge is 2.52. The van der Waals surface area contributed by atoms with E-state index in [0.717, 1.165) is 11.3 Å². The molecule has 2 fully saturated rings. The summed E-state index contributed by atoms with van der Waals surface area (Å²) in [7, 11) is 0. The van der Waals surface area contributed by atoms with E-state index in [4.69, 9.17) is 0 Å². The van der Waals surface area contributed by atoms with E-state index in [1.807, 2.05) is 0 Å². The van der Waals surface area contributed by atoms with Crippen LogP contribution in [0, 0.1) is 11.3 Å². The average Bonchev–Trinajstić information content (AvgIpc) is 2.66. The fourth-order valence-corrected chi connectivity index (χ4v) is 2.70. The van der Waals surface area contributed by atoms with Gasteiger partial charge in [-0.2, -0.15) is 0 Å². The second-order valence-electron chi connectivity index (χ2n) is 4.33. The Hall–Kier alpha value is -0.0400. The van der Waals surface area contributed by atoms with Crippen molar-refractivity contribution in [1.29, 1.82) is 0 Å². The van der Waals surface area contributed by atoms with Crippen LogP contribution in [0.3, 0.4) is 0 Å². The third-order valence-corrected chi connectivity index (χ3v) is 3.50. The molecule has 64 valence electrons. The van der Waals surface area contributed by atoms with Crippen LogP contribution in [0.5, 0.6) is 0 Å². The van der Waals surface area contributed by atoms with Gasteiger partial charge in [0.05, 0.1) is 0 Å². The minimum Gasteiger partial charge on any atom is -0.316 e. The predicted molar refractivity (Wildman–Crippen MR) is 47.6 cm³/mol. The number of rotatable bonds is 2. The van der Waals surface area contributed by atoms with E-state index in [2.05, 4.69) is 12.2 Å². The first-order chi connectivity index (χ1) is 5.37. The fraction of sp³-hybridized carbons (Fsp3) is 1.00. The molecule has 1 nitrogen and oxygen atoms in total. The van der Waals surface area contributed by atoms with Gasteiger partial charge in [-0.05, 0) is 37.1 Å². The Morgan fingerprint density at radius 3 is 3.09 bits per heavy atom. The van der Waals surface area contributed by atoms with Crippen molar-refractivity contribution in [2.24, 2.45) is 11.3 Å². The summed E-state index contributed by atoms with van der Waals surface area (Å²) in [5, 5.41) is 3.53. The highest BCUT2D eigenvalue weighted by atomic mass is 14.9. The Morgan fingerprint density at radius 2 is 2.45 bits per heavy atom. The van der Waals surface area contributed by atoms with Gasteiger partial charge in [0.15, 0.2) is 0 Å². The molecule has 2 rings (SSSR count). The minimum atomic E-state index is 0.786. The Kier molecular flexibility index (Phi) is 1.92. The predicted octanol–water partition coefficient (Wildman–Crippen LogP) is 2.18. The SMILES string of the molecule is CCCC1CC12CCCNC2. The maximum Gasteiger partial charge on any atom is 0.00106 e. The molecule has 0 radical (unpaired) electrons. The molecular formula is C10H19N. The summed E-state index contributed by atoms with van der Waals surface area (Å²) in [6, 6.07) is 0. The van der Waals surface area contributed by atoms with Gasteiger partial charge in [-0.15, -0.1) is 0 Å². The van der Waals surface area contributed by atoms with Crippen LogP contribution >= 0.6 is 0 Å². The van der Waals surface area contributed by atoms with Crippen molar-refractivity contribution >= 4 is 0 Å². The second-order valence-corrected chi connectivity index (χ2v) is 4.33. The average molecular weight is 153 g/mol. The van der Waals surface area contributed by atoms with E-state index >= 15 is 0 Å². The van der Waals surface area contributed by atoms with Gasteiger partial charge in [0.1, 0.15) is 0 Å². The third kappa shape index (κ3) is 1.31. The largest absolute Gasteiger partial charge is 0.316 e. The van der Waals surface area contributed by atoms with Crippen molar-refractivity contribution in [1.82, 2.24) is 5.32 Å². The van der Waals surface area contributed by atoms with E-state index in [9.17, 15) is 0 Å². The van der Waals surface area contributed by atoms with Crippen LogP contribution in [0.15, 0.2) is 0 Å². The summed E-state index contributed by atoms with van der Waals surface area (Å²) in [5.41, 5.74) is 0.786. The summed E-state index contributed by atoms with van der Waals surface area (Å²) < 4.78 is 0. The molecule has 1 spiro atoms. The van der Waals surface area contributed by atoms with Crippen molar-refractivity contribution in [3.05, 3.63) is 0 Å². The molecule has 11 heavy (non-hydrogen) atoms. The molecule has 0 aromatic rings. The zero-order valence-electron chi connectivity index (χ0n) is 7.53. The van der Waals surface area contributed by atoms with E-state index in [1.54, 1.807) is 0 Å². The molecule has 1 saturated heterocycles. The van der Waals surface area contributed by atoms with Crippen LogP contribution < -0.4 is 5.32 Å². The smallest absolute Gasteiger partial charge is 0.00106 e. The molecule has 0 amide bonds. The molecule has 1 heteroatoms. The van der Waals surface area contributed by atoms with Crippen LogP contribution in [0.25, 0.3) is 0 Å². The van der Waals surface area contributed by atoms with Gasteiger partial charge in [-0.3, -0.25) is 0 Å². The lowest BCUT2D eigenvalue weighted by molar-refractivity contribution is 0.321. The maximum atomic E-state index is 3.53. The number of hydrogen-bond acceptors (Lipinski definition) is 1. The van der Waals surface area contributed by atoms with Crippen molar-refractivity contribution in [3.63, 3.8) is 0 Å². The highest BCUT2D eigenvalue weighted by molar-refractivity contribution is 5.04.